The molecule has 0 aliphatic heterocycles. The van der Waals surface area contributed by atoms with Crippen LogP contribution >= 0.6 is 23.2 Å². The second-order valence-electron chi connectivity index (χ2n) is 4.61. The predicted octanol–water partition coefficient (Wildman–Crippen LogP) is 2.27. The number of nitrogen functional groups attached to an aromatic ring is 2. The summed E-state index contributed by atoms with van der Waals surface area (Å²) in [7, 11) is 1.32. The lowest BCUT2D eigenvalue weighted by Crippen LogP contribution is -2.04. The van der Waals surface area contributed by atoms with Crippen molar-refractivity contribution in [2.45, 2.75) is 0 Å². The van der Waals surface area contributed by atoms with Gasteiger partial charge in [-0.2, -0.15) is 15.0 Å². The molecular formula is C15H13Cl2N7O2. The summed E-state index contributed by atoms with van der Waals surface area (Å²) < 4.78 is 4.45. The Bertz CT molecular complexity index is 869. The van der Waals surface area contributed by atoms with Crippen molar-refractivity contribution in [1.82, 2.24) is 24.9 Å². The summed E-state index contributed by atoms with van der Waals surface area (Å²) in [4.78, 5) is 29.9. The van der Waals surface area contributed by atoms with Crippen LogP contribution in [0.4, 0.5) is 11.9 Å². The molecule has 0 aromatic carbocycles. The average molecular weight is 394 g/mol. The first-order chi connectivity index (χ1) is 12.4. The quantitative estimate of drug-likeness (QED) is 0.494. The molecule has 0 radical (unpaired) electrons. The van der Waals surface area contributed by atoms with Crippen molar-refractivity contribution in [3.63, 3.8) is 0 Å². The van der Waals surface area contributed by atoms with E-state index in [-0.39, 0.29) is 11.9 Å². The highest BCUT2D eigenvalue weighted by molar-refractivity contribution is 6.29. The molecule has 0 atom stereocenters. The minimum absolute atomic E-state index is 0.0763. The summed E-state index contributed by atoms with van der Waals surface area (Å²) in [6.45, 7) is 0. The number of esters is 1. The molecule has 0 spiro atoms. The molecule has 26 heavy (non-hydrogen) atoms. The second-order valence-corrected chi connectivity index (χ2v) is 5.38. The predicted molar refractivity (Wildman–Crippen MR) is 97.5 cm³/mol. The molecular weight excluding hydrogens is 381 g/mol. The monoisotopic (exact) mass is 393 g/mol. The van der Waals surface area contributed by atoms with E-state index in [4.69, 9.17) is 34.7 Å². The number of nitrogens with zero attached hydrogens (tertiary/aromatic N) is 5. The zero-order valence-corrected chi connectivity index (χ0v) is 14.9. The van der Waals surface area contributed by atoms with E-state index in [1.54, 1.807) is 18.2 Å². The van der Waals surface area contributed by atoms with Gasteiger partial charge in [0.25, 0.3) is 0 Å². The molecule has 0 saturated heterocycles. The van der Waals surface area contributed by atoms with Crippen LogP contribution in [0, 0.1) is 0 Å². The number of methoxy groups -OCH3 is 1. The van der Waals surface area contributed by atoms with Crippen LogP contribution in [0.1, 0.15) is 10.4 Å². The lowest BCUT2D eigenvalue weighted by Gasteiger charge is -2.01. The highest BCUT2D eigenvalue weighted by Gasteiger charge is 2.05. The minimum Gasteiger partial charge on any atom is -0.465 e. The number of pyridine rings is 2. The SMILES string of the molecule is COC(=O)c1ccc(Cl)nc1.Nc1nc(N)nc(-c2ccc(Cl)nc2)n1. The first-order valence-electron chi connectivity index (χ1n) is 6.98. The Morgan fingerprint density at radius 2 is 1.50 bits per heavy atom. The number of hydrogen-bond acceptors (Lipinski definition) is 9. The zero-order valence-electron chi connectivity index (χ0n) is 13.4. The highest BCUT2D eigenvalue weighted by Crippen LogP contribution is 2.16. The third kappa shape index (κ3) is 5.50. The fourth-order valence-corrected chi connectivity index (χ4v) is 1.88. The van der Waals surface area contributed by atoms with Crippen LogP contribution in [0.5, 0.6) is 0 Å². The van der Waals surface area contributed by atoms with Gasteiger partial charge >= 0.3 is 5.97 Å². The summed E-state index contributed by atoms with van der Waals surface area (Å²) >= 11 is 11.1. The first kappa shape index (κ1) is 19.3. The second kappa shape index (κ2) is 8.88. The van der Waals surface area contributed by atoms with Crippen LogP contribution in [-0.4, -0.2) is 38.0 Å². The van der Waals surface area contributed by atoms with Gasteiger partial charge in [-0.25, -0.2) is 14.8 Å². The van der Waals surface area contributed by atoms with Crippen molar-refractivity contribution < 1.29 is 9.53 Å². The Labute approximate surface area is 158 Å². The van der Waals surface area contributed by atoms with E-state index in [2.05, 4.69) is 29.7 Å². The van der Waals surface area contributed by atoms with Crippen molar-refractivity contribution in [2.75, 3.05) is 18.6 Å². The smallest absolute Gasteiger partial charge is 0.339 e. The molecule has 0 bridgehead atoms. The molecule has 0 aliphatic carbocycles. The molecule has 3 heterocycles. The maximum atomic E-state index is 10.8. The van der Waals surface area contributed by atoms with Crippen LogP contribution in [0.2, 0.25) is 10.3 Å². The van der Waals surface area contributed by atoms with Gasteiger partial charge in [-0.1, -0.05) is 23.2 Å². The Balaban J connectivity index is 0.000000197. The molecule has 0 aliphatic rings. The minimum atomic E-state index is -0.408. The fourth-order valence-electron chi connectivity index (χ4n) is 1.66. The molecule has 0 fully saturated rings. The maximum Gasteiger partial charge on any atom is 0.339 e. The van der Waals surface area contributed by atoms with E-state index in [0.717, 1.165) is 0 Å². The number of aromatic nitrogens is 5. The van der Waals surface area contributed by atoms with Gasteiger partial charge in [0.1, 0.15) is 10.3 Å². The van der Waals surface area contributed by atoms with Crippen molar-refractivity contribution in [3.8, 4) is 11.4 Å². The van der Waals surface area contributed by atoms with E-state index in [0.29, 0.717) is 27.3 Å². The molecule has 0 saturated carbocycles. The lowest BCUT2D eigenvalue weighted by atomic mass is 10.3. The standard InChI is InChI=1S/C8H7ClN6.C7H6ClNO2/c9-5-2-1-4(3-12-5)6-13-7(10)15-8(11)14-6;1-11-7(10)5-2-3-6(8)9-4-5/h1-3H,(H4,10,11,13,14,15);2-4H,1H3. The van der Waals surface area contributed by atoms with Crippen molar-refractivity contribution in [3.05, 3.63) is 52.5 Å². The third-order valence-electron chi connectivity index (χ3n) is 2.80. The van der Waals surface area contributed by atoms with Crippen molar-refractivity contribution in [2.24, 2.45) is 0 Å². The van der Waals surface area contributed by atoms with Gasteiger partial charge in [-0.15, -0.1) is 0 Å². The Hall–Kier alpha value is -3.04. The molecule has 9 nitrogen and oxygen atoms in total. The number of ether oxygens (including phenoxy) is 1. The number of rotatable bonds is 2. The van der Waals surface area contributed by atoms with Gasteiger partial charge < -0.3 is 16.2 Å². The normalized spacial score (nSPS) is 9.81. The summed E-state index contributed by atoms with van der Waals surface area (Å²) in [5.41, 5.74) is 12.0. The summed E-state index contributed by atoms with van der Waals surface area (Å²) in [6, 6.07) is 6.45. The van der Waals surface area contributed by atoms with Gasteiger partial charge in [-0.3, -0.25) is 0 Å². The van der Waals surface area contributed by atoms with Crippen molar-refractivity contribution >= 4 is 41.1 Å². The van der Waals surface area contributed by atoms with E-state index in [9.17, 15) is 4.79 Å². The number of nitrogens with two attached hydrogens (primary N) is 2. The molecule has 0 amide bonds. The summed E-state index contributed by atoms with van der Waals surface area (Å²) in [5, 5.41) is 0.756. The summed E-state index contributed by atoms with van der Waals surface area (Å²) in [6.07, 6.45) is 2.91. The van der Waals surface area contributed by atoms with Crippen LogP contribution in [0.15, 0.2) is 36.7 Å². The van der Waals surface area contributed by atoms with Gasteiger partial charge in [0.2, 0.25) is 11.9 Å². The average Bonchev–Trinajstić information content (AvgIpc) is 2.62. The van der Waals surface area contributed by atoms with E-state index in [1.807, 2.05) is 0 Å². The summed E-state index contributed by atoms with van der Waals surface area (Å²) in [5.74, 6) is 0.123. The number of hydrogen-bond donors (Lipinski definition) is 2. The molecule has 0 unspecified atom stereocenters. The van der Waals surface area contributed by atoms with Crippen LogP contribution in [-0.2, 0) is 4.74 Å². The molecule has 3 aromatic heterocycles. The molecule has 11 heteroatoms. The lowest BCUT2D eigenvalue weighted by molar-refractivity contribution is 0.0600. The molecule has 134 valence electrons. The van der Waals surface area contributed by atoms with Gasteiger partial charge in [0, 0.05) is 18.0 Å². The Morgan fingerprint density at radius 3 is 1.96 bits per heavy atom. The topological polar surface area (TPSA) is 143 Å². The van der Waals surface area contributed by atoms with E-state index < -0.39 is 5.97 Å². The van der Waals surface area contributed by atoms with Gasteiger partial charge in [0.05, 0.1) is 12.7 Å². The number of anilines is 2. The van der Waals surface area contributed by atoms with E-state index in [1.165, 1.54) is 25.6 Å². The molecule has 3 rings (SSSR count). The van der Waals surface area contributed by atoms with Gasteiger partial charge in [0.15, 0.2) is 5.82 Å². The number of halogens is 2. The maximum absolute atomic E-state index is 10.8. The Kier molecular flexibility index (Phi) is 6.59. The highest BCUT2D eigenvalue weighted by atomic mass is 35.5. The number of carbonyl (C=O) groups excluding carboxylic acids is 1. The van der Waals surface area contributed by atoms with Crippen molar-refractivity contribution in [1.29, 1.82) is 0 Å². The zero-order chi connectivity index (χ0) is 19.1. The number of carbonyl (C=O) groups is 1. The molecule has 4 N–H and O–H groups in total. The van der Waals surface area contributed by atoms with Crippen LogP contribution in [0.3, 0.4) is 0 Å². The molecule has 3 aromatic rings. The van der Waals surface area contributed by atoms with Crippen LogP contribution in [0.25, 0.3) is 11.4 Å². The largest absolute Gasteiger partial charge is 0.465 e. The van der Waals surface area contributed by atoms with E-state index >= 15 is 0 Å². The Morgan fingerprint density at radius 1 is 0.923 bits per heavy atom. The fraction of sp³-hybridized carbons (Fsp3) is 0.0667. The van der Waals surface area contributed by atoms with Gasteiger partial charge in [-0.05, 0) is 24.3 Å². The first-order valence-corrected chi connectivity index (χ1v) is 7.73. The van der Waals surface area contributed by atoms with Crippen LogP contribution < -0.4 is 11.5 Å². The third-order valence-corrected chi connectivity index (χ3v) is 3.25.